The van der Waals surface area contributed by atoms with Crippen molar-refractivity contribution in [3.05, 3.63) is 21.9 Å². The summed E-state index contributed by atoms with van der Waals surface area (Å²) in [5, 5.41) is 8.29. The minimum absolute atomic E-state index is 0.0659. The van der Waals surface area contributed by atoms with Crippen LogP contribution in [0.3, 0.4) is 0 Å². The average Bonchev–Trinajstić information content (AvgIpc) is 2.84. The van der Waals surface area contributed by atoms with Gasteiger partial charge in [-0.25, -0.2) is 0 Å². The molecule has 1 aliphatic heterocycles. The van der Waals surface area contributed by atoms with Crippen molar-refractivity contribution in [2.45, 2.75) is 25.8 Å². The third kappa shape index (κ3) is 2.58. The molecule has 1 aromatic rings. The first kappa shape index (κ1) is 10.6. The molecule has 4 heteroatoms. The van der Waals surface area contributed by atoms with Gasteiger partial charge in [0.1, 0.15) is 0 Å². The lowest BCUT2D eigenvalue weighted by atomic mass is 10.2. The Balaban J connectivity index is 1.84. The second-order valence-electron chi connectivity index (χ2n) is 3.94. The number of aryl methyl sites for hydroxylation is 1. The maximum atomic E-state index is 11.8. The second kappa shape index (κ2) is 4.77. The highest BCUT2D eigenvalue weighted by Crippen LogP contribution is 2.15. The average molecular weight is 224 g/mol. The zero-order chi connectivity index (χ0) is 10.7. The molecule has 3 nitrogen and oxygen atoms in total. The van der Waals surface area contributed by atoms with Crippen LogP contribution in [0.25, 0.3) is 0 Å². The minimum atomic E-state index is 0.0659. The molecule has 0 aromatic carbocycles. The van der Waals surface area contributed by atoms with Crippen LogP contribution in [0.5, 0.6) is 0 Å². The van der Waals surface area contributed by atoms with Crippen LogP contribution in [0.2, 0.25) is 0 Å². The zero-order valence-corrected chi connectivity index (χ0v) is 9.69. The number of hydrogen-bond donors (Lipinski definition) is 2. The van der Waals surface area contributed by atoms with Crippen molar-refractivity contribution in [1.29, 1.82) is 0 Å². The molecule has 1 aliphatic rings. The molecule has 1 atom stereocenters. The summed E-state index contributed by atoms with van der Waals surface area (Å²) < 4.78 is 0. The van der Waals surface area contributed by atoms with Crippen LogP contribution in [-0.4, -0.2) is 25.0 Å². The molecule has 0 spiro atoms. The standard InChI is InChI=1S/C11H16N2OS/c1-8-4-6-15-10(8)11(14)13-7-9-3-2-5-12-9/h4,6,9,12H,2-3,5,7H2,1H3,(H,13,14)/t9-/m0/s1. The van der Waals surface area contributed by atoms with Crippen molar-refractivity contribution in [3.63, 3.8) is 0 Å². The molecule has 1 saturated heterocycles. The molecule has 0 radical (unpaired) electrons. The highest BCUT2D eigenvalue weighted by atomic mass is 32.1. The maximum Gasteiger partial charge on any atom is 0.261 e. The summed E-state index contributed by atoms with van der Waals surface area (Å²) in [6, 6.07) is 2.45. The van der Waals surface area contributed by atoms with E-state index in [1.54, 1.807) is 0 Å². The van der Waals surface area contributed by atoms with E-state index in [2.05, 4.69) is 10.6 Å². The van der Waals surface area contributed by atoms with Crippen LogP contribution in [0, 0.1) is 6.92 Å². The van der Waals surface area contributed by atoms with E-state index in [-0.39, 0.29) is 5.91 Å². The molecule has 15 heavy (non-hydrogen) atoms. The van der Waals surface area contributed by atoms with Crippen molar-refractivity contribution in [3.8, 4) is 0 Å². The summed E-state index contributed by atoms with van der Waals surface area (Å²) >= 11 is 1.51. The van der Waals surface area contributed by atoms with Gasteiger partial charge >= 0.3 is 0 Å². The van der Waals surface area contributed by atoms with Crippen molar-refractivity contribution < 1.29 is 4.79 Å². The van der Waals surface area contributed by atoms with E-state index in [4.69, 9.17) is 0 Å². The van der Waals surface area contributed by atoms with Crippen LogP contribution in [-0.2, 0) is 0 Å². The van der Waals surface area contributed by atoms with Gasteiger partial charge in [0.15, 0.2) is 0 Å². The number of rotatable bonds is 3. The van der Waals surface area contributed by atoms with Gasteiger partial charge in [-0.15, -0.1) is 11.3 Å². The lowest BCUT2D eigenvalue weighted by molar-refractivity contribution is 0.0954. The fourth-order valence-corrected chi connectivity index (χ4v) is 2.67. The van der Waals surface area contributed by atoms with Gasteiger partial charge in [0.2, 0.25) is 0 Å². The van der Waals surface area contributed by atoms with Gasteiger partial charge in [-0.1, -0.05) is 0 Å². The molecule has 2 heterocycles. The van der Waals surface area contributed by atoms with Gasteiger partial charge in [-0.05, 0) is 43.3 Å². The Hall–Kier alpha value is -0.870. The molecule has 0 bridgehead atoms. The lowest BCUT2D eigenvalue weighted by Gasteiger charge is -2.10. The van der Waals surface area contributed by atoms with Gasteiger partial charge in [0.25, 0.3) is 5.91 Å². The van der Waals surface area contributed by atoms with Crippen LogP contribution in [0.4, 0.5) is 0 Å². The number of carbonyl (C=O) groups excluding carboxylic acids is 1. The predicted molar refractivity (Wildman–Crippen MR) is 62.4 cm³/mol. The topological polar surface area (TPSA) is 41.1 Å². The summed E-state index contributed by atoms with van der Waals surface area (Å²) in [5.41, 5.74) is 1.07. The van der Waals surface area contributed by atoms with Gasteiger partial charge in [-0.2, -0.15) is 0 Å². The Bertz CT molecular complexity index is 342. The normalized spacial score (nSPS) is 20.5. The second-order valence-corrected chi connectivity index (χ2v) is 4.85. The van der Waals surface area contributed by atoms with Crippen molar-refractivity contribution in [2.24, 2.45) is 0 Å². The molecule has 1 aromatic heterocycles. The Morgan fingerprint density at radius 3 is 3.20 bits per heavy atom. The van der Waals surface area contributed by atoms with Crippen molar-refractivity contribution >= 4 is 17.2 Å². The Morgan fingerprint density at radius 1 is 1.73 bits per heavy atom. The first-order valence-electron chi connectivity index (χ1n) is 5.33. The number of amides is 1. The Kier molecular flexibility index (Phi) is 3.38. The molecule has 0 saturated carbocycles. The van der Waals surface area contributed by atoms with Crippen LogP contribution in [0.15, 0.2) is 11.4 Å². The zero-order valence-electron chi connectivity index (χ0n) is 8.88. The number of thiophene rings is 1. The summed E-state index contributed by atoms with van der Waals surface area (Å²) in [7, 11) is 0. The van der Waals surface area contributed by atoms with Gasteiger partial charge < -0.3 is 10.6 Å². The van der Waals surface area contributed by atoms with Gasteiger partial charge in [0, 0.05) is 12.6 Å². The largest absolute Gasteiger partial charge is 0.350 e. The number of carbonyl (C=O) groups is 1. The highest BCUT2D eigenvalue weighted by molar-refractivity contribution is 7.12. The molecule has 1 fully saturated rings. The number of nitrogens with one attached hydrogen (secondary N) is 2. The molecule has 0 aliphatic carbocycles. The predicted octanol–water partition coefficient (Wildman–Crippen LogP) is 1.54. The van der Waals surface area contributed by atoms with Crippen LogP contribution >= 0.6 is 11.3 Å². The van der Waals surface area contributed by atoms with E-state index in [0.717, 1.165) is 23.5 Å². The monoisotopic (exact) mass is 224 g/mol. The van der Waals surface area contributed by atoms with E-state index in [1.165, 1.54) is 24.2 Å². The summed E-state index contributed by atoms with van der Waals surface area (Å²) in [6.45, 7) is 3.80. The summed E-state index contributed by atoms with van der Waals surface area (Å²) in [5.74, 6) is 0.0659. The number of hydrogen-bond acceptors (Lipinski definition) is 3. The molecule has 2 rings (SSSR count). The SMILES string of the molecule is Cc1ccsc1C(=O)NC[C@@H]1CCCN1. The van der Waals surface area contributed by atoms with E-state index in [9.17, 15) is 4.79 Å². The fourth-order valence-electron chi connectivity index (χ4n) is 1.83. The molecular weight excluding hydrogens is 208 g/mol. The minimum Gasteiger partial charge on any atom is -0.350 e. The van der Waals surface area contributed by atoms with Gasteiger partial charge in [-0.3, -0.25) is 4.79 Å². The molecule has 82 valence electrons. The van der Waals surface area contributed by atoms with Crippen LogP contribution < -0.4 is 10.6 Å². The third-order valence-electron chi connectivity index (χ3n) is 2.74. The Labute approximate surface area is 93.9 Å². The Morgan fingerprint density at radius 2 is 2.60 bits per heavy atom. The first-order chi connectivity index (χ1) is 7.27. The fraction of sp³-hybridized carbons (Fsp3) is 0.545. The van der Waals surface area contributed by atoms with Crippen molar-refractivity contribution in [2.75, 3.05) is 13.1 Å². The lowest BCUT2D eigenvalue weighted by Crippen LogP contribution is -2.37. The van der Waals surface area contributed by atoms with Gasteiger partial charge in [0.05, 0.1) is 4.88 Å². The first-order valence-corrected chi connectivity index (χ1v) is 6.21. The third-order valence-corrected chi connectivity index (χ3v) is 3.75. The molecular formula is C11H16N2OS. The smallest absolute Gasteiger partial charge is 0.261 e. The summed E-state index contributed by atoms with van der Waals surface area (Å²) in [6.07, 6.45) is 2.39. The molecule has 1 amide bonds. The van der Waals surface area contributed by atoms with E-state index in [1.807, 2.05) is 18.4 Å². The van der Waals surface area contributed by atoms with Crippen LogP contribution in [0.1, 0.15) is 28.1 Å². The maximum absolute atomic E-state index is 11.8. The van der Waals surface area contributed by atoms with Crippen molar-refractivity contribution in [1.82, 2.24) is 10.6 Å². The van der Waals surface area contributed by atoms with E-state index >= 15 is 0 Å². The quantitative estimate of drug-likeness (QED) is 0.817. The summed E-state index contributed by atoms with van der Waals surface area (Å²) in [4.78, 5) is 12.6. The van der Waals surface area contributed by atoms with E-state index < -0.39 is 0 Å². The molecule has 0 unspecified atom stereocenters. The molecule has 2 N–H and O–H groups in total. The highest BCUT2D eigenvalue weighted by Gasteiger charge is 2.16. The van der Waals surface area contributed by atoms with E-state index in [0.29, 0.717) is 6.04 Å².